The summed E-state index contributed by atoms with van der Waals surface area (Å²) in [6, 6.07) is 0. The lowest BCUT2D eigenvalue weighted by Gasteiger charge is -1.97. The molecule has 0 radical (unpaired) electrons. The fraction of sp³-hybridized carbons (Fsp3) is 0.750. The first-order chi connectivity index (χ1) is 6.27. The number of hydrogen-bond donors (Lipinski definition) is 1. The molecule has 0 fully saturated rings. The summed E-state index contributed by atoms with van der Waals surface area (Å²) in [5.74, 6) is 1.97. The van der Waals surface area contributed by atoms with Crippen LogP contribution in [0, 0.1) is 0 Å². The molecule has 5 heteroatoms. The zero-order valence-corrected chi connectivity index (χ0v) is 8.67. The minimum absolute atomic E-state index is 0.401. The molecule has 0 amide bonds. The summed E-state index contributed by atoms with van der Waals surface area (Å²) in [5.41, 5.74) is 0. The molecule has 74 valence electrons. The molecule has 0 saturated heterocycles. The van der Waals surface area contributed by atoms with E-state index < -0.39 is 6.10 Å². The third kappa shape index (κ3) is 3.00. The highest BCUT2D eigenvalue weighted by Crippen LogP contribution is 2.12. The smallest absolute Gasteiger partial charge is 0.227 e. The summed E-state index contributed by atoms with van der Waals surface area (Å²) < 4.78 is 4.96. The molecule has 1 unspecified atom stereocenters. The van der Waals surface area contributed by atoms with Crippen molar-refractivity contribution in [3.05, 3.63) is 11.7 Å². The van der Waals surface area contributed by atoms with Gasteiger partial charge in [-0.15, -0.1) is 0 Å². The molecule has 1 aromatic rings. The van der Waals surface area contributed by atoms with Gasteiger partial charge in [-0.05, 0) is 12.7 Å². The summed E-state index contributed by atoms with van der Waals surface area (Å²) in [4.78, 5) is 4.08. The van der Waals surface area contributed by atoms with E-state index in [1.54, 1.807) is 11.8 Å². The number of hydrogen-bond acceptors (Lipinski definition) is 5. The van der Waals surface area contributed by atoms with E-state index in [-0.39, 0.29) is 0 Å². The Morgan fingerprint density at radius 3 is 3.00 bits per heavy atom. The largest absolute Gasteiger partial charge is 0.385 e. The lowest BCUT2D eigenvalue weighted by atomic mass is 10.3. The monoisotopic (exact) mass is 202 g/mol. The molecule has 0 spiro atoms. The summed E-state index contributed by atoms with van der Waals surface area (Å²) in [5, 5.41) is 13.1. The van der Waals surface area contributed by atoms with Crippen molar-refractivity contribution in [3.63, 3.8) is 0 Å². The van der Waals surface area contributed by atoms with Gasteiger partial charge in [0.25, 0.3) is 0 Å². The highest BCUT2D eigenvalue weighted by Gasteiger charge is 2.12. The van der Waals surface area contributed by atoms with E-state index in [0.717, 1.165) is 12.2 Å². The molecule has 0 aliphatic heterocycles. The molecule has 0 aromatic carbocycles. The van der Waals surface area contributed by atoms with Crippen molar-refractivity contribution in [1.29, 1.82) is 0 Å². The molecule has 0 bridgehead atoms. The number of rotatable bonds is 5. The Morgan fingerprint density at radius 1 is 1.62 bits per heavy atom. The lowest BCUT2D eigenvalue weighted by Crippen LogP contribution is -1.98. The van der Waals surface area contributed by atoms with Crippen molar-refractivity contribution >= 4 is 11.8 Å². The first kappa shape index (κ1) is 10.5. The van der Waals surface area contributed by atoms with Gasteiger partial charge in [0, 0.05) is 12.2 Å². The number of aliphatic hydroxyl groups excluding tert-OH is 1. The average molecular weight is 202 g/mol. The Kier molecular flexibility index (Phi) is 4.24. The second-order valence-corrected chi connectivity index (χ2v) is 3.70. The van der Waals surface area contributed by atoms with Crippen LogP contribution < -0.4 is 0 Å². The first-order valence-corrected chi connectivity index (χ1v) is 5.66. The fourth-order valence-corrected chi connectivity index (χ4v) is 1.26. The van der Waals surface area contributed by atoms with Crippen LogP contribution in [0.1, 0.15) is 31.2 Å². The number of aromatic nitrogens is 2. The van der Waals surface area contributed by atoms with Gasteiger partial charge in [-0.2, -0.15) is 16.7 Å². The van der Waals surface area contributed by atoms with Gasteiger partial charge in [-0.25, -0.2) is 0 Å². The van der Waals surface area contributed by atoms with Gasteiger partial charge in [-0.1, -0.05) is 12.1 Å². The third-order valence-electron chi connectivity index (χ3n) is 1.69. The average Bonchev–Trinajstić information content (AvgIpc) is 2.62. The van der Waals surface area contributed by atoms with Crippen molar-refractivity contribution in [2.45, 2.75) is 25.9 Å². The zero-order chi connectivity index (χ0) is 9.68. The van der Waals surface area contributed by atoms with Crippen molar-refractivity contribution in [3.8, 4) is 0 Å². The minimum atomic E-state index is -0.591. The molecular weight excluding hydrogens is 188 g/mol. The van der Waals surface area contributed by atoms with Crippen molar-refractivity contribution in [2.24, 2.45) is 0 Å². The van der Waals surface area contributed by atoms with Gasteiger partial charge in [0.15, 0.2) is 5.82 Å². The Bertz CT molecular complexity index is 252. The Labute approximate surface area is 81.7 Å². The SMILES string of the molecule is CCC(O)c1noc(CCSC)n1. The molecule has 1 rings (SSSR count). The maximum absolute atomic E-state index is 9.38. The predicted molar refractivity (Wildman–Crippen MR) is 51.6 cm³/mol. The summed E-state index contributed by atoms with van der Waals surface area (Å²) in [7, 11) is 0. The normalized spacial score (nSPS) is 13.2. The second-order valence-electron chi connectivity index (χ2n) is 2.71. The van der Waals surface area contributed by atoms with Gasteiger partial charge in [0.2, 0.25) is 5.89 Å². The number of nitrogens with zero attached hydrogens (tertiary/aromatic N) is 2. The van der Waals surface area contributed by atoms with Crippen LogP contribution in [0.25, 0.3) is 0 Å². The van der Waals surface area contributed by atoms with Crippen molar-refractivity contribution in [2.75, 3.05) is 12.0 Å². The third-order valence-corrected chi connectivity index (χ3v) is 2.30. The molecule has 0 saturated carbocycles. The van der Waals surface area contributed by atoms with E-state index in [4.69, 9.17) is 4.52 Å². The van der Waals surface area contributed by atoms with Crippen LogP contribution in [0.5, 0.6) is 0 Å². The van der Waals surface area contributed by atoms with Crippen LogP contribution in [0.3, 0.4) is 0 Å². The van der Waals surface area contributed by atoms with Crippen LogP contribution in [-0.4, -0.2) is 27.3 Å². The number of aliphatic hydroxyl groups is 1. The molecule has 1 heterocycles. The summed E-state index contributed by atoms with van der Waals surface area (Å²) in [6.45, 7) is 1.88. The van der Waals surface area contributed by atoms with Gasteiger partial charge in [0.05, 0.1) is 0 Å². The number of aryl methyl sites for hydroxylation is 1. The second kappa shape index (κ2) is 5.24. The molecule has 1 aromatic heterocycles. The highest BCUT2D eigenvalue weighted by molar-refractivity contribution is 7.98. The Balaban J connectivity index is 2.53. The minimum Gasteiger partial charge on any atom is -0.385 e. The quantitative estimate of drug-likeness (QED) is 0.782. The molecule has 13 heavy (non-hydrogen) atoms. The van der Waals surface area contributed by atoms with E-state index in [1.807, 2.05) is 13.2 Å². The van der Waals surface area contributed by atoms with Crippen LogP contribution in [0.4, 0.5) is 0 Å². The van der Waals surface area contributed by atoms with Crippen LogP contribution in [0.2, 0.25) is 0 Å². The van der Waals surface area contributed by atoms with Crippen molar-refractivity contribution < 1.29 is 9.63 Å². The van der Waals surface area contributed by atoms with E-state index >= 15 is 0 Å². The number of thioether (sulfide) groups is 1. The van der Waals surface area contributed by atoms with E-state index in [9.17, 15) is 5.11 Å². The Hall–Kier alpha value is -0.550. The van der Waals surface area contributed by atoms with E-state index in [2.05, 4.69) is 10.1 Å². The van der Waals surface area contributed by atoms with Crippen LogP contribution >= 0.6 is 11.8 Å². The maximum Gasteiger partial charge on any atom is 0.227 e. The maximum atomic E-state index is 9.38. The highest BCUT2D eigenvalue weighted by atomic mass is 32.2. The van der Waals surface area contributed by atoms with Gasteiger partial charge in [0.1, 0.15) is 6.10 Å². The van der Waals surface area contributed by atoms with Crippen LogP contribution in [0.15, 0.2) is 4.52 Å². The molecule has 1 N–H and O–H groups in total. The fourth-order valence-electron chi connectivity index (χ4n) is 0.877. The van der Waals surface area contributed by atoms with Crippen molar-refractivity contribution in [1.82, 2.24) is 10.1 Å². The summed E-state index contributed by atoms with van der Waals surface area (Å²) >= 11 is 1.73. The standard InChI is InChI=1S/C8H14N2O2S/c1-3-6(11)8-9-7(12-10-8)4-5-13-2/h6,11H,3-5H2,1-2H3. The van der Waals surface area contributed by atoms with Crippen LogP contribution in [-0.2, 0) is 6.42 Å². The van der Waals surface area contributed by atoms with Gasteiger partial charge >= 0.3 is 0 Å². The molecule has 1 atom stereocenters. The molecular formula is C8H14N2O2S. The molecule has 0 aliphatic rings. The zero-order valence-electron chi connectivity index (χ0n) is 7.86. The van der Waals surface area contributed by atoms with Gasteiger partial charge < -0.3 is 9.63 Å². The van der Waals surface area contributed by atoms with E-state index in [0.29, 0.717) is 18.1 Å². The topological polar surface area (TPSA) is 59.2 Å². The predicted octanol–water partition coefficient (Wildman–Crippen LogP) is 1.42. The molecule has 4 nitrogen and oxygen atoms in total. The van der Waals surface area contributed by atoms with Gasteiger partial charge in [-0.3, -0.25) is 0 Å². The molecule has 0 aliphatic carbocycles. The summed E-state index contributed by atoms with van der Waals surface area (Å²) in [6.07, 6.45) is 2.82. The Morgan fingerprint density at radius 2 is 2.38 bits per heavy atom. The first-order valence-electron chi connectivity index (χ1n) is 4.27. The lowest BCUT2D eigenvalue weighted by molar-refractivity contribution is 0.159. The van der Waals surface area contributed by atoms with E-state index in [1.165, 1.54) is 0 Å².